The quantitative estimate of drug-likeness (QED) is 0.154. The molecule has 0 aliphatic heterocycles. The summed E-state index contributed by atoms with van der Waals surface area (Å²) in [4.78, 5) is 0. The van der Waals surface area contributed by atoms with Crippen molar-refractivity contribution in [3.05, 3.63) is 166 Å². The van der Waals surface area contributed by atoms with Gasteiger partial charge in [-0.05, 0) is 0 Å². The van der Waals surface area contributed by atoms with Gasteiger partial charge in [0.05, 0.1) is 0 Å². The van der Waals surface area contributed by atoms with Crippen LogP contribution < -0.4 is 24.8 Å². The van der Waals surface area contributed by atoms with E-state index in [-0.39, 0.29) is 24.8 Å². The van der Waals surface area contributed by atoms with Gasteiger partial charge in [0.2, 0.25) is 0 Å². The standard InChI is InChI=1S/2C20H16P.C2H6Si.2ClH.Zr/c2*1-15-11-17-13-18(21-9-5-6-10-21)14-20(19(17)12-15)16-7-3-2-4-8-16;1-3-2;;;/h2*2-14H,1H3;1-2H3;2*1H;/q;;;;;+2/p-2. The molecule has 238 valence electrons. The van der Waals surface area contributed by atoms with E-state index in [1.165, 1.54) is 44.0 Å². The number of fused-ring (bicyclic) bond motifs is 2. The first-order chi connectivity index (χ1) is 22.5. The first-order valence-electron chi connectivity index (χ1n) is 16.2. The molecule has 0 spiro atoms. The zero-order valence-electron chi connectivity index (χ0n) is 27.7. The van der Waals surface area contributed by atoms with Gasteiger partial charge in [-0.2, -0.15) is 0 Å². The van der Waals surface area contributed by atoms with E-state index in [4.69, 9.17) is 0 Å². The fourth-order valence-electron chi connectivity index (χ4n) is 7.83. The van der Waals surface area contributed by atoms with E-state index in [9.17, 15) is 0 Å². The first kappa shape index (κ1) is 35.4. The number of allylic oxidation sites excluding steroid dienone is 2. The van der Waals surface area contributed by atoms with Gasteiger partial charge >= 0.3 is 286 Å². The molecule has 4 aromatic carbocycles. The minimum absolute atomic E-state index is 0. The van der Waals surface area contributed by atoms with Gasteiger partial charge in [0.15, 0.2) is 0 Å². The SMILES string of the molecule is CC1=Cc2c(-c3ccccc3)cc(-p3cccc3)cc2[C@@H]1[Zr+2]([C@H]1C(C)=Cc2c(-c3ccccc3)cc(-p3cccc3)cc21)=[Si](C)C.[Cl-].[Cl-]. The third-order valence-electron chi connectivity index (χ3n) is 9.84. The fourth-order valence-corrected chi connectivity index (χ4v) is 31.7. The van der Waals surface area contributed by atoms with Gasteiger partial charge in [-0.3, -0.25) is 0 Å². The molecule has 2 heterocycles. The summed E-state index contributed by atoms with van der Waals surface area (Å²) in [7, 11) is -0.797. The molecular formula is C42H38Cl2P2SiZr. The van der Waals surface area contributed by atoms with Crippen LogP contribution in [0.3, 0.4) is 0 Å². The summed E-state index contributed by atoms with van der Waals surface area (Å²) in [5.41, 5.74) is 14.5. The number of halogens is 2. The van der Waals surface area contributed by atoms with Crippen LogP contribution in [0.5, 0.6) is 0 Å². The number of hydrogen-bond acceptors (Lipinski definition) is 0. The zero-order chi connectivity index (χ0) is 31.4. The molecule has 0 bridgehead atoms. The molecule has 0 saturated carbocycles. The molecule has 2 aliphatic rings. The van der Waals surface area contributed by atoms with Crippen molar-refractivity contribution in [1.29, 1.82) is 0 Å². The minimum Gasteiger partial charge on any atom is -1.00 e. The van der Waals surface area contributed by atoms with E-state index in [2.05, 4.69) is 171 Å². The summed E-state index contributed by atoms with van der Waals surface area (Å²) in [6.45, 7) is 10.2. The van der Waals surface area contributed by atoms with Crippen LogP contribution in [-0.4, -0.2) is 5.43 Å². The summed E-state index contributed by atoms with van der Waals surface area (Å²) < 4.78 is 1.21. The van der Waals surface area contributed by atoms with Crippen molar-refractivity contribution in [2.24, 2.45) is 0 Å². The second kappa shape index (κ2) is 14.8. The Morgan fingerprint density at radius 1 is 0.521 bits per heavy atom. The first-order valence-corrected chi connectivity index (χ1v) is 28.2. The van der Waals surface area contributed by atoms with Crippen LogP contribution >= 0.6 is 15.1 Å². The normalized spacial score (nSPS) is 15.6. The fraction of sp³-hybridized carbons (Fsp3) is 0.143. The molecule has 0 saturated heterocycles. The molecule has 0 amide bonds. The van der Waals surface area contributed by atoms with Crippen LogP contribution in [0.2, 0.25) is 13.1 Å². The molecule has 2 atom stereocenters. The number of benzene rings is 4. The van der Waals surface area contributed by atoms with E-state index >= 15 is 0 Å². The average Bonchev–Trinajstić information content (AvgIpc) is 3.89. The summed E-state index contributed by atoms with van der Waals surface area (Å²) in [6.07, 6.45) is 5.17. The van der Waals surface area contributed by atoms with Gasteiger partial charge in [0, 0.05) is 0 Å². The Kier molecular flexibility index (Phi) is 10.9. The Morgan fingerprint density at radius 3 is 1.25 bits per heavy atom. The zero-order valence-corrected chi connectivity index (χ0v) is 34.4. The Labute approximate surface area is 308 Å². The van der Waals surface area contributed by atoms with E-state index in [0.29, 0.717) is 7.25 Å². The maximum Gasteiger partial charge on any atom is -1.00 e. The third kappa shape index (κ3) is 6.35. The van der Waals surface area contributed by atoms with Crippen LogP contribution in [0, 0.1) is 0 Å². The molecule has 2 aromatic heterocycles. The third-order valence-corrected chi connectivity index (χ3v) is 33.4. The summed E-state index contributed by atoms with van der Waals surface area (Å²) in [6, 6.07) is 41.6. The summed E-state index contributed by atoms with van der Waals surface area (Å²) in [5.74, 6) is 9.69. The summed E-state index contributed by atoms with van der Waals surface area (Å²) in [5, 5.41) is 3.01. The van der Waals surface area contributed by atoms with Crippen LogP contribution in [0.25, 0.3) is 45.0 Å². The molecule has 6 heteroatoms. The van der Waals surface area contributed by atoms with Crippen molar-refractivity contribution < 1.29 is 45.2 Å². The Morgan fingerprint density at radius 2 is 0.896 bits per heavy atom. The van der Waals surface area contributed by atoms with Gasteiger partial charge in [-0.15, -0.1) is 0 Å². The molecule has 6 aromatic rings. The monoisotopic (exact) mass is 792 g/mol. The molecule has 0 unspecified atom stereocenters. The maximum atomic E-state index is 2.65. The van der Waals surface area contributed by atoms with Gasteiger partial charge in [0.25, 0.3) is 0 Å². The van der Waals surface area contributed by atoms with Crippen LogP contribution in [0.15, 0.2) is 144 Å². The molecule has 48 heavy (non-hydrogen) atoms. The van der Waals surface area contributed by atoms with Crippen LogP contribution in [0.1, 0.15) is 43.4 Å². The van der Waals surface area contributed by atoms with Gasteiger partial charge in [-0.25, -0.2) is 0 Å². The largest absolute Gasteiger partial charge is 1.00 e. The number of hydrogen-bond donors (Lipinski definition) is 0. The minimum atomic E-state index is -2.25. The van der Waals surface area contributed by atoms with Crippen LogP contribution in [-0.2, 0) is 20.4 Å². The topological polar surface area (TPSA) is 0 Å². The van der Waals surface area contributed by atoms with Crippen molar-refractivity contribution in [2.45, 2.75) is 34.2 Å². The van der Waals surface area contributed by atoms with Crippen molar-refractivity contribution in [3.63, 3.8) is 0 Å². The Balaban J connectivity index is 0.00000201. The van der Waals surface area contributed by atoms with Crippen molar-refractivity contribution in [1.82, 2.24) is 0 Å². The molecule has 8 rings (SSSR count). The van der Waals surface area contributed by atoms with Crippen molar-refractivity contribution >= 4 is 32.7 Å². The summed E-state index contributed by atoms with van der Waals surface area (Å²) >= 11 is -2.25. The van der Waals surface area contributed by atoms with E-state index in [0.717, 1.165) is 0 Å². The second-order valence-corrected chi connectivity index (χ2v) is 34.7. The predicted molar refractivity (Wildman–Crippen MR) is 202 cm³/mol. The second-order valence-electron chi connectivity index (χ2n) is 13.0. The number of rotatable bonds is 6. The maximum absolute atomic E-state index is 2.65. The molecule has 0 fully saturated rings. The van der Waals surface area contributed by atoms with Gasteiger partial charge in [-0.1, -0.05) is 0 Å². The smallest absolute Gasteiger partial charge is 1.00 e. The Hall–Kier alpha value is -2.40. The molecule has 0 radical (unpaired) electrons. The van der Waals surface area contributed by atoms with Gasteiger partial charge in [0.1, 0.15) is 0 Å². The van der Waals surface area contributed by atoms with Crippen LogP contribution in [0.4, 0.5) is 0 Å². The molecule has 2 aliphatic carbocycles. The predicted octanol–water partition coefficient (Wildman–Crippen LogP) is 7.47. The van der Waals surface area contributed by atoms with E-state index in [1.54, 1.807) is 22.3 Å². The molecule has 0 N–H and O–H groups in total. The van der Waals surface area contributed by atoms with Gasteiger partial charge < -0.3 is 24.8 Å². The van der Waals surface area contributed by atoms with E-state index in [1.807, 2.05) is 0 Å². The molecule has 0 nitrogen and oxygen atoms in total. The van der Waals surface area contributed by atoms with Crippen molar-refractivity contribution in [3.8, 4) is 32.9 Å². The van der Waals surface area contributed by atoms with Crippen molar-refractivity contribution in [2.75, 3.05) is 0 Å². The Bertz CT molecular complexity index is 2030. The average molecular weight is 795 g/mol. The van der Waals surface area contributed by atoms with E-state index < -0.39 is 40.9 Å². The molecular weight excluding hydrogens is 757 g/mol.